The number of rotatable bonds is 2. The number of aromatic nitrogens is 2. The van der Waals surface area contributed by atoms with E-state index >= 15 is 0 Å². The highest BCUT2D eigenvalue weighted by Gasteiger charge is 2.04. The zero-order valence-electron chi connectivity index (χ0n) is 8.24. The molecule has 0 aliphatic heterocycles. The second-order valence-electron chi connectivity index (χ2n) is 3.32. The molecule has 0 unspecified atom stereocenters. The van der Waals surface area contributed by atoms with Crippen molar-refractivity contribution in [1.29, 1.82) is 0 Å². The number of hydrogen-bond acceptors (Lipinski definition) is 1. The van der Waals surface area contributed by atoms with Crippen LogP contribution in [0.5, 0.6) is 0 Å². The summed E-state index contributed by atoms with van der Waals surface area (Å²) in [6.07, 6.45) is 1.89. The Balaban J connectivity index is 2.45. The number of hydrogen-bond donors (Lipinski definition) is 0. The van der Waals surface area contributed by atoms with Gasteiger partial charge in [-0.15, -0.1) is 11.6 Å². The van der Waals surface area contributed by atoms with Crippen molar-refractivity contribution in [2.24, 2.45) is 0 Å². The Hall–Kier alpha value is -0.990. The Morgan fingerprint density at radius 2 is 2.13 bits per heavy atom. The predicted octanol–water partition coefficient (Wildman–Crippen LogP) is 3.57. The van der Waals surface area contributed by atoms with Crippen LogP contribution in [-0.4, -0.2) is 9.78 Å². The van der Waals surface area contributed by atoms with Gasteiger partial charge in [0.25, 0.3) is 0 Å². The minimum atomic E-state index is 0.470. The maximum atomic E-state index is 6.13. The summed E-state index contributed by atoms with van der Waals surface area (Å²) in [5.41, 5.74) is 2.85. The molecule has 0 fully saturated rings. The van der Waals surface area contributed by atoms with Crippen molar-refractivity contribution in [3.63, 3.8) is 0 Å². The van der Waals surface area contributed by atoms with Crippen molar-refractivity contribution in [2.75, 3.05) is 0 Å². The predicted molar refractivity (Wildman–Crippen MR) is 62.9 cm³/mol. The topological polar surface area (TPSA) is 17.8 Å². The summed E-state index contributed by atoms with van der Waals surface area (Å²) in [6.45, 7) is 1.94. The Labute approximate surface area is 98.4 Å². The Morgan fingerprint density at radius 3 is 2.67 bits per heavy atom. The molecule has 0 aliphatic rings. The van der Waals surface area contributed by atoms with Crippen LogP contribution in [0.3, 0.4) is 0 Å². The zero-order valence-corrected chi connectivity index (χ0v) is 9.76. The summed E-state index contributed by atoms with van der Waals surface area (Å²) in [7, 11) is 0. The van der Waals surface area contributed by atoms with Crippen LogP contribution in [0.15, 0.2) is 30.5 Å². The molecule has 0 spiro atoms. The van der Waals surface area contributed by atoms with E-state index < -0.39 is 0 Å². The molecular weight excluding hydrogens is 231 g/mol. The highest BCUT2D eigenvalue weighted by molar-refractivity contribution is 6.32. The second-order valence-corrected chi connectivity index (χ2v) is 4.00. The Morgan fingerprint density at radius 1 is 1.33 bits per heavy atom. The maximum absolute atomic E-state index is 6.13. The first kappa shape index (κ1) is 10.5. The Bertz CT molecular complexity index is 477. The molecule has 0 aliphatic carbocycles. The second kappa shape index (κ2) is 4.25. The molecule has 0 radical (unpaired) electrons. The molecule has 0 atom stereocenters. The Kier molecular flexibility index (Phi) is 2.98. The normalized spacial score (nSPS) is 10.6. The fourth-order valence-corrected chi connectivity index (χ4v) is 1.82. The van der Waals surface area contributed by atoms with Gasteiger partial charge in [-0.2, -0.15) is 5.10 Å². The van der Waals surface area contributed by atoms with Crippen molar-refractivity contribution in [2.45, 2.75) is 12.8 Å². The van der Waals surface area contributed by atoms with Crippen LogP contribution < -0.4 is 0 Å². The van der Waals surface area contributed by atoms with Crippen LogP contribution >= 0.6 is 23.2 Å². The fraction of sp³-hybridized carbons (Fsp3) is 0.182. The van der Waals surface area contributed by atoms with Gasteiger partial charge in [-0.05, 0) is 30.7 Å². The van der Waals surface area contributed by atoms with E-state index in [1.165, 1.54) is 0 Å². The molecule has 0 saturated heterocycles. The minimum Gasteiger partial charge on any atom is -0.239 e. The molecule has 4 heteroatoms. The van der Waals surface area contributed by atoms with Gasteiger partial charge in [0.2, 0.25) is 0 Å². The van der Waals surface area contributed by atoms with Gasteiger partial charge in [-0.3, -0.25) is 0 Å². The lowest BCUT2D eigenvalue weighted by Crippen LogP contribution is -1.96. The molecule has 0 N–H and O–H groups in total. The number of nitrogens with zero attached hydrogens (tertiary/aromatic N) is 2. The minimum absolute atomic E-state index is 0.470. The zero-order chi connectivity index (χ0) is 10.8. The van der Waals surface area contributed by atoms with E-state index in [4.69, 9.17) is 23.2 Å². The number of benzene rings is 1. The first-order valence-corrected chi connectivity index (χ1v) is 5.49. The smallest absolute Gasteiger partial charge is 0.0832 e. The van der Waals surface area contributed by atoms with E-state index in [-0.39, 0.29) is 0 Å². The van der Waals surface area contributed by atoms with Gasteiger partial charge in [0.1, 0.15) is 0 Å². The first-order chi connectivity index (χ1) is 7.20. The van der Waals surface area contributed by atoms with E-state index in [0.717, 1.165) is 16.9 Å². The van der Waals surface area contributed by atoms with Gasteiger partial charge in [0, 0.05) is 12.1 Å². The quantitative estimate of drug-likeness (QED) is 0.735. The first-order valence-electron chi connectivity index (χ1n) is 4.58. The van der Waals surface area contributed by atoms with E-state index in [1.807, 2.05) is 37.4 Å². The summed E-state index contributed by atoms with van der Waals surface area (Å²) < 4.78 is 1.76. The van der Waals surface area contributed by atoms with E-state index in [2.05, 4.69) is 5.10 Å². The molecule has 1 aromatic carbocycles. The lowest BCUT2D eigenvalue weighted by Gasteiger charge is -2.05. The molecule has 1 heterocycles. The standard InChI is InChI=1S/C11H10Cl2N2/c1-8-4-5-15(14-8)11-3-2-9(7-12)6-10(11)13/h2-6H,7H2,1H3. The summed E-state index contributed by atoms with van der Waals surface area (Å²) in [5, 5.41) is 4.96. The molecule has 0 amide bonds. The van der Waals surface area contributed by atoms with Crippen LogP contribution in [-0.2, 0) is 5.88 Å². The highest BCUT2D eigenvalue weighted by Crippen LogP contribution is 2.22. The summed E-state index contributed by atoms with van der Waals surface area (Å²) >= 11 is 11.9. The molecule has 0 bridgehead atoms. The number of aryl methyl sites for hydroxylation is 1. The molecule has 15 heavy (non-hydrogen) atoms. The maximum Gasteiger partial charge on any atom is 0.0832 e. The third-order valence-corrected chi connectivity index (χ3v) is 2.75. The fourth-order valence-electron chi connectivity index (χ4n) is 1.37. The van der Waals surface area contributed by atoms with E-state index in [0.29, 0.717) is 10.9 Å². The van der Waals surface area contributed by atoms with Gasteiger partial charge in [-0.25, -0.2) is 4.68 Å². The van der Waals surface area contributed by atoms with Crippen LogP contribution in [0.25, 0.3) is 5.69 Å². The molecule has 2 nitrogen and oxygen atoms in total. The molecule has 0 saturated carbocycles. The van der Waals surface area contributed by atoms with Gasteiger partial charge in [0.15, 0.2) is 0 Å². The van der Waals surface area contributed by atoms with Crippen LogP contribution in [0.4, 0.5) is 0 Å². The number of halogens is 2. The summed E-state index contributed by atoms with van der Waals surface area (Å²) in [4.78, 5) is 0. The lowest BCUT2D eigenvalue weighted by atomic mass is 10.2. The van der Waals surface area contributed by atoms with Crippen LogP contribution in [0, 0.1) is 6.92 Å². The third-order valence-electron chi connectivity index (χ3n) is 2.14. The van der Waals surface area contributed by atoms with Crippen LogP contribution in [0.2, 0.25) is 5.02 Å². The lowest BCUT2D eigenvalue weighted by molar-refractivity contribution is 0.862. The van der Waals surface area contributed by atoms with Crippen molar-refractivity contribution in [1.82, 2.24) is 9.78 Å². The van der Waals surface area contributed by atoms with Gasteiger partial charge < -0.3 is 0 Å². The van der Waals surface area contributed by atoms with Crippen molar-refractivity contribution < 1.29 is 0 Å². The van der Waals surface area contributed by atoms with Gasteiger partial charge in [0.05, 0.1) is 16.4 Å². The average Bonchev–Trinajstić information content (AvgIpc) is 2.64. The molecular formula is C11H10Cl2N2. The van der Waals surface area contributed by atoms with Crippen molar-refractivity contribution >= 4 is 23.2 Å². The van der Waals surface area contributed by atoms with Crippen molar-refractivity contribution in [3.8, 4) is 5.69 Å². The number of alkyl halides is 1. The third kappa shape index (κ3) is 2.16. The van der Waals surface area contributed by atoms with Crippen LogP contribution in [0.1, 0.15) is 11.3 Å². The SMILES string of the molecule is Cc1ccn(-c2ccc(CCl)cc2Cl)n1. The highest BCUT2D eigenvalue weighted by atomic mass is 35.5. The van der Waals surface area contributed by atoms with Crippen molar-refractivity contribution in [3.05, 3.63) is 46.7 Å². The monoisotopic (exact) mass is 240 g/mol. The summed E-state index contributed by atoms with van der Waals surface area (Å²) in [5.74, 6) is 0.470. The average molecular weight is 241 g/mol. The van der Waals surface area contributed by atoms with Gasteiger partial charge in [-0.1, -0.05) is 17.7 Å². The molecule has 2 aromatic rings. The molecule has 1 aromatic heterocycles. The van der Waals surface area contributed by atoms with E-state index in [9.17, 15) is 0 Å². The molecule has 2 rings (SSSR count). The summed E-state index contributed by atoms with van der Waals surface area (Å²) in [6, 6.07) is 7.67. The molecule has 78 valence electrons. The van der Waals surface area contributed by atoms with E-state index in [1.54, 1.807) is 4.68 Å². The van der Waals surface area contributed by atoms with Gasteiger partial charge >= 0.3 is 0 Å². The largest absolute Gasteiger partial charge is 0.239 e.